The van der Waals surface area contributed by atoms with E-state index in [4.69, 9.17) is 76.2 Å². The minimum absolute atomic E-state index is 0.0939. The number of carboxylic acid groups (broad SMARTS) is 1. The van der Waals surface area contributed by atoms with E-state index in [9.17, 15) is 29.1 Å². The number of hydrogen-bond acceptors (Lipinski definition) is 22. The van der Waals surface area contributed by atoms with Crippen molar-refractivity contribution in [3.63, 3.8) is 0 Å². The van der Waals surface area contributed by atoms with E-state index >= 15 is 0 Å². The van der Waals surface area contributed by atoms with E-state index in [1.165, 1.54) is 41.7 Å². The van der Waals surface area contributed by atoms with E-state index in [0.717, 1.165) is 40.3 Å². The summed E-state index contributed by atoms with van der Waals surface area (Å²) in [6.07, 6.45) is -7.36. The first-order chi connectivity index (χ1) is 45.7. The van der Waals surface area contributed by atoms with Crippen molar-refractivity contribution in [3.8, 4) is 0 Å². The van der Waals surface area contributed by atoms with Gasteiger partial charge in [-0.15, -0.1) is 0 Å². The maximum atomic E-state index is 11.1. The summed E-state index contributed by atoms with van der Waals surface area (Å²) in [5, 5.41) is 18.3. The molecule has 96 heavy (non-hydrogen) atoms. The van der Waals surface area contributed by atoms with Gasteiger partial charge < -0.3 is 81.3 Å². The maximum Gasteiger partial charge on any atom is 0.310 e. The molecule has 5 aliphatic rings. The van der Waals surface area contributed by atoms with Gasteiger partial charge in [-0.2, -0.15) is 0 Å². The minimum Gasteiger partial charge on any atom is -0.481 e. The Labute approximate surface area is 558 Å². The summed E-state index contributed by atoms with van der Waals surface area (Å²) in [5.41, 5.74) is 4.45. The van der Waals surface area contributed by atoms with Crippen LogP contribution in [0.3, 0.4) is 0 Å². The van der Waals surface area contributed by atoms with Crippen LogP contribution in [0.4, 0.5) is 0 Å². The number of carbonyl (C=O) groups excluding carboxylic acids is 5. The Bertz CT molecular complexity index is 3200. The Morgan fingerprint density at radius 2 is 0.729 bits per heavy atom. The third-order valence-electron chi connectivity index (χ3n) is 15.3. The van der Waals surface area contributed by atoms with E-state index in [0.29, 0.717) is 6.61 Å². The average Bonchev–Trinajstić information content (AvgIpc) is 0.858. The van der Waals surface area contributed by atoms with Gasteiger partial charge in [-0.05, 0) is 61.1 Å². The number of fused-ring (bicyclic) bond motifs is 2. The number of aliphatic carboxylic acids is 1. The first kappa shape index (κ1) is 75.2. The van der Waals surface area contributed by atoms with Crippen molar-refractivity contribution in [2.45, 2.75) is 166 Å². The van der Waals surface area contributed by atoms with Crippen molar-refractivity contribution in [2.24, 2.45) is 0 Å². The molecule has 23 heteroatoms. The fourth-order valence-corrected chi connectivity index (χ4v) is 11.7. The normalized spacial score (nSPS) is 24.8. The molecule has 3 unspecified atom stereocenters. The van der Waals surface area contributed by atoms with Gasteiger partial charge in [-0.3, -0.25) is 28.8 Å². The molecule has 5 fully saturated rings. The minimum atomic E-state index is -1.10. The molecule has 0 amide bonds. The molecule has 11 rings (SSSR count). The van der Waals surface area contributed by atoms with Crippen LogP contribution in [0.1, 0.15) is 103 Å². The van der Waals surface area contributed by atoms with Crippen LogP contribution in [0.25, 0.3) is 0 Å². The molecule has 0 spiro atoms. The highest BCUT2D eigenvalue weighted by Crippen LogP contribution is 2.45. The fourth-order valence-electron chi connectivity index (χ4n) is 11.7. The second-order valence-electron chi connectivity index (χ2n) is 23.5. The molecule has 6 aromatic rings. The van der Waals surface area contributed by atoms with E-state index in [1.807, 2.05) is 137 Å². The zero-order chi connectivity index (χ0) is 69.8. The summed E-state index contributed by atoms with van der Waals surface area (Å²) < 4.78 is 84.8. The van der Waals surface area contributed by atoms with Crippen LogP contribution in [0.5, 0.6) is 0 Å². The number of aliphatic hydroxyl groups excluding tert-OH is 1. The number of ether oxygens (including phenoxy) is 15. The molecule has 5 aliphatic heterocycles. The maximum absolute atomic E-state index is 11.1. The standard InChI is InChI=1S/C28H30O5.C27H28O5.C12H18O8.C4H6O3.C2H4O2/c1-27(2)32-25-24(29-3)23(31-26(25)33-27)19-30-28(20-13-7-4-8-14-20,21-15-9-5-10-16-21)22-17-11-6-12-18-22;1-26(2)31-24-23(28)22(30-25(24)32-26)18-29-27(19-12-6-3-7-13-19,20-14-8-4-9-15-20)21-16-10-5-11-17-21;1-6(13)17-5-9-10(16-4)11(18-7(2)14)12(20-9)19-8(3)15;1-3(5)7-4(2)6;1-2(3)4/h4-18,23-26H,19H2,1-3H3;3-17,22-25,28H,18H2,1-2H3;9-12H,5H2,1-4H3;1-2H3;1H3,(H,3,4)/t23-,24+,25-,26?;22-,23+,24-,25?;9-,10+,11-,12?;;/m111../s1. The average molecular weight is 1330 g/mol. The highest BCUT2D eigenvalue weighted by Gasteiger charge is 2.57. The topological polar surface area (TPSA) is 281 Å². The fraction of sp³-hybridized carbons (Fsp3) is 0.425. The number of rotatable bonds is 18. The summed E-state index contributed by atoms with van der Waals surface area (Å²) in [5.74, 6) is -5.06. The van der Waals surface area contributed by atoms with Gasteiger partial charge in [0.25, 0.3) is 5.97 Å². The number of carboxylic acids is 1. The summed E-state index contributed by atoms with van der Waals surface area (Å²) in [4.78, 5) is 61.6. The molecule has 5 heterocycles. The molecular formula is C73H86O23. The van der Waals surface area contributed by atoms with Gasteiger partial charge in [0, 0.05) is 55.8 Å². The van der Waals surface area contributed by atoms with Crippen molar-refractivity contribution in [1.29, 1.82) is 0 Å². The molecular weight excluding hydrogens is 1240 g/mol. The molecule has 0 aromatic heterocycles. The summed E-state index contributed by atoms with van der Waals surface area (Å²) in [7, 11) is 3.07. The van der Waals surface area contributed by atoms with Gasteiger partial charge in [0.15, 0.2) is 30.3 Å². The number of carbonyl (C=O) groups is 6. The van der Waals surface area contributed by atoms with Gasteiger partial charge >= 0.3 is 29.8 Å². The molecule has 0 bridgehead atoms. The van der Waals surface area contributed by atoms with Gasteiger partial charge in [0.05, 0.1) is 13.2 Å². The Morgan fingerprint density at radius 3 is 1.04 bits per heavy atom. The molecule has 0 radical (unpaired) electrons. The number of aliphatic hydroxyl groups is 1. The monoisotopic (exact) mass is 1330 g/mol. The van der Waals surface area contributed by atoms with Crippen LogP contribution in [0.2, 0.25) is 0 Å². The van der Waals surface area contributed by atoms with Crippen LogP contribution in [-0.4, -0.2) is 165 Å². The SMILES string of the molecule is CC(=O)O.CC(=O)OC(C)=O.CC1(C)OC2O[C@H](COC(c3ccccc3)(c3ccccc3)c3ccccc3)[C@H](O)[C@H]2O1.CO[C@H]1[C@@H](COC(C)=O)OC(OC(C)=O)[C@@H]1OC(C)=O.CO[C@H]1[C@@H](COC(c2ccccc2)(c2ccccc2)c2ccccc2)OC2OC(C)(C)O[C@@H]21. The van der Waals surface area contributed by atoms with Crippen molar-refractivity contribution in [3.05, 3.63) is 215 Å². The smallest absolute Gasteiger partial charge is 0.310 e. The Kier molecular flexibility index (Phi) is 27.2. The second-order valence-corrected chi connectivity index (χ2v) is 23.5. The van der Waals surface area contributed by atoms with Gasteiger partial charge in [-0.25, -0.2) is 0 Å². The number of hydrogen-bond donors (Lipinski definition) is 2. The lowest BCUT2D eigenvalue weighted by Gasteiger charge is -2.37. The Hall–Kier alpha value is -8.14. The molecule has 2 N–H and O–H groups in total. The molecule has 6 aromatic carbocycles. The van der Waals surface area contributed by atoms with Crippen LogP contribution in [0, 0.1) is 0 Å². The predicted molar refractivity (Wildman–Crippen MR) is 344 cm³/mol. The van der Waals surface area contributed by atoms with Crippen LogP contribution in [0.15, 0.2) is 182 Å². The highest BCUT2D eigenvalue weighted by molar-refractivity contribution is 5.82. The zero-order valence-electron chi connectivity index (χ0n) is 55.8. The van der Waals surface area contributed by atoms with Crippen LogP contribution < -0.4 is 0 Å². The van der Waals surface area contributed by atoms with Gasteiger partial charge in [0.1, 0.15) is 66.6 Å². The zero-order valence-corrected chi connectivity index (χ0v) is 55.8. The van der Waals surface area contributed by atoms with E-state index in [1.54, 1.807) is 7.11 Å². The molecule has 516 valence electrons. The number of methoxy groups -OCH3 is 2. The van der Waals surface area contributed by atoms with Crippen LogP contribution >= 0.6 is 0 Å². The lowest BCUT2D eigenvalue weighted by Crippen LogP contribution is -2.41. The molecule has 5 saturated heterocycles. The Balaban J connectivity index is 0.000000193. The highest BCUT2D eigenvalue weighted by atomic mass is 16.9. The van der Waals surface area contributed by atoms with E-state index in [2.05, 4.69) is 77.5 Å². The first-order valence-corrected chi connectivity index (χ1v) is 31.1. The van der Waals surface area contributed by atoms with Crippen molar-refractivity contribution in [2.75, 3.05) is 34.0 Å². The summed E-state index contributed by atoms with van der Waals surface area (Å²) >= 11 is 0. The Morgan fingerprint density at radius 1 is 0.406 bits per heavy atom. The first-order valence-electron chi connectivity index (χ1n) is 31.1. The number of esters is 5. The quantitative estimate of drug-likeness (QED) is 0.0351. The molecule has 23 nitrogen and oxygen atoms in total. The van der Waals surface area contributed by atoms with E-state index < -0.39 is 114 Å². The van der Waals surface area contributed by atoms with Crippen LogP contribution in [-0.2, 0) is 111 Å². The van der Waals surface area contributed by atoms with E-state index in [-0.39, 0.29) is 31.5 Å². The molecule has 0 saturated carbocycles. The third kappa shape index (κ3) is 19.8. The van der Waals surface area contributed by atoms with Crippen molar-refractivity contribution >= 4 is 35.8 Å². The lowest BCUT2D eigenvalue weighted by atomic mass is 9.80. The van der Waals surface area contributed by atoms with Gasteiger partial charge in [0.2, 0.25) is 6.29 Å². The third-order valence-corrected chi connectivity index (χ3v) is 15.3. The lowest BCUT2D eigenvalue weighted by molar-refractivity contribution is -0.225. The summed E-state index contributed by atoms with van der Waals surface area (Å²) in [6, 6.07) is 61.3. The molecule has 0 aliphatic carbocycles. The number of benzene rings is 6. The summed E-state index contributed by atoms with van der Waals surface area (Å²) in [6.45, 7) is 14.9. The largest absolute Gasteiger partial charge is 0.481 e. The van der Waals surface area contributed by atoms with Crippen molar-refractivity contribution in [1.82, 2.24) is 0 Å². The molecule has 12 atom stereocenters. The second kappa shape index (κ2) is 34.7. The predicted octanol–water partition coefficient (Wildman–Crippen LogP) is 9.09. The van der Waals surface area contributed by atoms with Crippen molar-refractivity contribution < 1.29 is 110 Å². The van der Waals surface area contributed by atoms with Gasteiger partial charge in [-0.1, -0.05) is 182 Å².